The fraction of sp³-hybridized carbons (Fsp3) is 0.429. The SMILES string of the molecule is CCOC(=O)CCCCn1cnc2c(N3CCCC3COc3cccc4ccc(OSC)cc34)ncnc21. The van der Waals surface area contributed by atoms with Crippen molar-refractivity contribution in [3.63, 3.8) is 0 Å². The van der Waals surface area contributed by atoms with Gasteiger partial charge < -0.3 is 23.1 Å². The van der Waals surface area contributed by atoms with Crippen molar-refractivity contribution in [3.05, 3.63) is 49.1 Å². The first-order valence-corrected chi connectivity index (χ1v) is 14.3. The highest BCUT2D eigenvalue weighted by Gasteiger charge is 2.29. The summed E-state index contributed by atoms with van der Waals surface area (Å²) in [5.74, 6) is 2.36. The summed E-state index contributed by atoms with van der Waals surface area (Å²) in [6.45, 7) is 4.43. The van der Waals surface area contributed by atoms with Crippen molar-refractivity contribution in [2.75, 3.05) is 30.9 Å². The molecular weight excluding hydrogens is 502 g/mol. The molecule has 4 aromatic rings. The lowest BCUT2D eigenvalue weighted by atomic mass is 10.1. The summed E-state index contributed by atoms with van der Waals surface area (Å²) in [5, 5.41) is 2.15. The molecule has 1 saturated heterocycles. The van der Waals surface area contributed by atoms with Gasteiger partial charge in [-0.25, -0.2) is 15.0 Å². The van der Waals surface area contributed by atoms with Crippen LogP contribution < -0.4 is 13.8 Å². The number of benzene rings is 2. The molecule has 0 saturated carbocycles. The summed E-state index contributed by atoms with van der Waals surface area (Å²) < 4.78 is 19.1. The van der Waals surface area contributed by atoms with Gasteiger partial charge in [0.1, 0.15) is 24.4 Å². The van der Waals surface area contributed by atoms with Gasteiger partial charge in [-0.15, -0.1) is 0 Å². The highest BCUT2D eigenvalue weighted by Crippen LogP contribution is 2.33. The van der Waals surface area contributed by atoms with Crippen LogP contribution in [0.1, 0.15) is 39.0 Å². The summed E-state index contributed by atoms with van der Waals surface area (Å²) in [4.78, 5) is 27.7. The number of hydrogen-bond acceptors (Lipinski definition) is 9. The van der Waals surface area contributed by atoms with E-state index in [0.717, 1.165) is 78.0 Å². The second-order valence-electron chi connectivity index (χ2n) is 9.26. The smallest absolute Gasteiger partial charge is 0.305 e. The van der Waals surface area contributed by atoms with Crippen LogP contribution in [0.25, 0.3) is 21.9 Å². The van der Waals surface area contributed by atoms with Crippen LogP contribution in [0.4, 0.5) is 5.82 Å². The van der Waals surface area contributed by atoms with Crippen LogP contribution in [0.15, 0.2) is 49.1 Å². The van der Waals surface area contributed by atoms with Gasteiger partial charge in [0.05, 0.1) is 31.0 Å². The minimum absolute atomic E-state index is 0.146. The lowest BCUT2D eigenvalue weighted by molar-refractivity contribution is -0.143. The predicted octanol–water partition coefficient (Wildman–Crippen LogP) is 5.42. The highest BCUT2D eigenvalue weighted by atomic mass is 32.2. The number of rotatable bonds is 12. The number of aryl methyl sites for hydroxylation is 1. The Bertz CT molecular complexity index is 1390. The zero-order valence-corrected chi connectivity index (χ0v) is 22.7. The number of carbonyl (C=O) groups excluding carboxylic acids is 1. The molecule has 1 atom stereocenters. The maximum Gasteiger partial charge on any atom is 0.305 e. The van der Waals surface area contributed by atoms with Gasteiger partial charge in [0.15, 0.2) is 17.0 Å². The Kier molecular flexibility index (Phi) is 8.47. The lowest BCUT2D eigenvalue weighted by Gasteiger charge is -2.26. The molecule has 1 aliphatic heterocycles. The zero-order chi connectivity index (χ0) is 26.3. The average Bonchev–Trinajstić information content (AvgIpc) is 3.57. The van der Waals surface area contributed by atoms with E-state index in [-0.39, 0.29) is 12.0 Å². The Balaban J connectivity index is 1.28. The van der Waals surface area contributed by atoms with Crippen LogP contribution in [0.5, 0.6) is 11.5 Å². The molecule has 1 aliphatic rings. The first-order chi connectivity index (χ1) is 18.7. The van der Waals surface area contributed by atoms with Gasteiger partial charge in [-0.1, -0.05) is 18.2 Å². The molecule has 0 amide bonds. The zero-order valence-electron chi connectivity index (χ0n) is 21.8. The number of nitrogens with zero attached hydrogens (tertiary/aromatic N) is 5. The molecule has 0 aliphatic carbocycles. The summed E-state index contributed by atoms with van der Waals surface area (Å²) in [6, 6.07) is 12.4. The summed E-state index contributed by atoms with van der Waals surface area (Å²) >= 11 is 1.33. The van der Waals surface area contributed by atoms with E-state index in [9.17, 15) is 4.79 Å². The summed E-state index contributed by atoms with van der Waals surface area (Å²) in [7, 11) is 0. The minimum Gasteiger partial charge on any atom is -0.491 e. The second-order valence-corrected chi connectivity index (χ2v) is 9.76. The van der Waals surface area contributed by atoms with Crippen LogP contribution in [0.3, 0.4) is 0 Å². The minimum atomic E-state index is -0.146. The summed E-state index contributed by atoms with van der Waals surface area (Å²) in [5.41, 5.74) is 1.61. The van der Waals surface area contributed by atoms with Crippen molar-refractivity contribution in [1.29, 1.82) is 0 Å². The maximum atomic E-state index is 11.6. The number of imidazole rings is 1. The molecule has 38 heavy (non-hydrogen) atoms. The normalized spacial score (nSPS) is 15.3. The number of hydrogen-bond donors (Lipinski definition) is 0. The average molecular weight is 536 g/mol. The van der Waals surface area contributed by atoms with Gasteiger partial charge >= 0.3 is 5.97 Å². The molecule has 1 fully saturated rings. The van der Waals surface area contributed by atoms with E-state index in [2.05, 4.69) is 32.0 Å². The Hall–Kier alpha value is -3.53. The Labute approximate surface area is 226 Å². The van der Waals surface area contributed by atoms with Crippen molar-refractivity contribution >= 4 is 45.8 Å². The number of esters is 1. The molecule has 9 nitrogen and oxygen atoms in total. The molecule has 0 bridgehead atoms. The second kappa shape index (κ2) is 12.3. The van der Waals surface area contributed by atoms with Gasteiger partial charge in [0.25, 0.3) is 0 Å². The van der Waals surface area contributed by atoms with Gasteiger partial charge in [0, 0.05) is 31.2 Å². The number of unbranched alkanes of at least 4 members (excludes halogenated alkanes) is 1. The standard InChI is InChI=1S/C28H33N5O4S/c1-3-35-25(34)11-4-5-14-32-19-31-26-27(32)29-18-30-28(26)33-15-7-9-21(33)17-36-24-10-6-8-20-12-13-22(37-38-2)16-23(20)24/h6,8,10,12-13,16,18-19,21H,3-5,7,9,11,14-15,17H2,1-2H3. The van der Waals surface area contributed by atoms with E-state index >= 15 is 0 Å². The predicted molar refractivity (Wildman–Crippen MR) is 150 cm³/mol. The third-order valence-corrected chi connectivity index (χ3v) is 7.15. The van der Waals surface area contributed by atoms with E-state index in [1.54, 1.807) is 6.33 Å². The van der Waals surface area contributed by atoms with Crippen molar-refractivity contribution in [3.8, 4) is 11.5 Å². The maximum absolute atomic E-state index is 11.6. The van der Waals surface area contributed by atoms with Gasteiger partial charge in [-0.2, -0.15) is 0 Å². The van der Waals surface area contributed by atoms with E-state index in [1.165, 1.54) is 12.0 Å². The number of ether oxygens (including phenoxy) is 2. The van der Waals surface area contributed by atoms with Crippen LogP contribution in [0, 0.1) is 0 Å². The van der Waals surface area contributed by atoms with E-state index in [0.29, 0.717) is 19.6 Å². The molecule has 2 aromatic heterocycles. The van der Waals surface area contributed by atoms with Crippen LogP contribution >= 0.6 is 12.0 Å². The topological polar surface area (TPSA) is 91.6 Å². The Morgan fingerprint density at radius 1 is 1.16 bits per heavy atom. The molecule has 0 radical (unpaired) electrons. The highest BCUT2D eigenvalue weighted by molar-refractivity contribution is 7.94. The van der Waals surface area contributed by atoms with Crippen molar-refractivity contribution in [2.24, 2.45) is 0 Å². The number of aromatic nitrogens is 4. The van der Waals surface area contributed by atoms with E-state index < -0.39 is 0 Å². The third kappa shape index (κ3) is 5.80. The van der Waals surface area contributed by atoms with E-state index in [1.807, 2.05) is 48.3 Å². The monoisotopic (exact) mass is 535 g/mol. The van der Waals surface area contributed by atoms with Crippen LogP contribution in [0.2, 0.25) is 0 Å². The van der Waals surface area contributed by atoms with E-state index in [4.69, 9.17) is 13.7 Å². The molecular formula is C28H33N5O4S. The molecule has 200 valence electrons. The van der Waals surface area contributed by atoms with Crippen molar-refractivity contribution in [2.45, 2.75) is 51.6 Å². The molecule has 3 heterocycles. The Morgan fingerprint density at radius 2 is 2.08 bits per heavy atom. The first-order valence-electron chi connectivity index (χ1n) is 13.1. The fourth-order valence-electron chi connectivity index (χ4n) is 5.00. The first kappa shape index (κ1) is 26.1. The molecule has 0 N–H and O–H groups in total. The number of anilines is 1. The summed E-state index contributed by atoms with van der Waals surface area (Å²) in [6.07, 6.45) is 9.46. The van der Waals surface area contributed by atoms with Gasteiger partial charge in [0.2, 0.25) is 0 Å². The molecule has 5 rings (SSSR count). The largest absolute Gasteiger partial charge is 0.491 e. The van der Waals surface area contributed by atoms with Gasteiger partial charge in [-0.05, 0) is 56.2 Å². The van der Waals surface area contributed by atoms with Crippen LogP contribution in [-0.2, 0) is 16.1 Å². The van der Waals surface area contributed by atoms with Crippen molar-refractivity contribution in [1.82, 2.24) is 19.5 Å². The molecule has 1 unspecified atom stereocenters. The van der Waals surface area contributed by atoms with Crippen LogP contribution in [-0.4, -0.2) is 57.5 Å². The quantitative estimate of drug-likeness (QED) is 0.134. The number of fused-ring (bicyclic) bond motifs is 2. The van der Waals surface area contributed by atoms with Crippen molar-refractivity contribution < 1.29 is 18.5 Å². The Morgan fingerprint density at radius 3 is 2.95 bits per heavy atom. The van der Waals surface area contributed by atoms with Gasteiger partial charge in [-0.3, -0.25) is 4.79 Å². The number of carbonyl (C=O) groups is 1. The molecule has 2 aromatic carbocycles. The molecule has 10 heteroatoms. The third-order valence-electron chi connectivity index (χ3n) is 6.79. The lowest BCUT2D eigenvalue weighted by Crippen LogP contribution is -2.35. The molecule has 0 spiro atoms. The fourth-order valence-corrected chi connectivity index (χ4v) is 5.29.